The summed E-state index contributed by atoms with van der Waals surface area (Å²) in [6.07, 6.45) is 0. The lowest BCUT2D eigenvalue weighted by atomic mass is 10.0. The maximum Gasteiger partial charge on any atom is 0.280 e. The van der Waals surface area contributed by atoms with Crippen LogP contribution in [0.1, 0.15) is 55.9 Å². The highest BCUT2D eigenvalue weighted by molar-refractivity contribution is 6.15. The van der Waals surface area contributed by atoms with E-state index in [1.54, 1.807) is 9.36 Å². The second-order valence-corrected chi connectivity index (χ2v) is 14.4. The minimum absolute atomic E-state index is 0.110. The topological polar surface area (TPSA) is 100 Å². The van der Waals surface area contributed by atoms with Crippen molar-refractivity contribution in [2.24, 2.45) is 9.98 Å². The van der Waals surface area contributed by atoms with Crippen LogP contribution in [0.3, 0.4) is 0 Å². The zero-order valence-corrected chi connectivity index (χ0v) is 33.6. The molecule has 0 bridgehead atoms. The van der Waals surface area contributed by atoms with Crippen LogP contribution in [0.5, 0.6) is 0 Å². The Bertz CT molecular complexity index is 2660. The van der Waals surface area contributed by atoms with E-state index >= 15 is 0 Å². The summed E-state index contributed by atoms with van der Waals surface area (Å²) in [6, 6.07) is 51.3. The molecular weight excluding hydrogens is 717 g/mol. The molecule has 8 rings (SSSR count). The number of hydrogen-bond donors (Lipinski definition) is 2. The normalized spacial score (nSPS) is 11.6. The third kappa shape index (κ3) is 8.41. The largest absolute Gasteiger partial charge is 0.295 e. The van der Waals surface area contributed by atoms with Crippen molar-refractivity contribution in [3.63, 3.8) is 0 Å². The molecule has 6 aromatic carbocycles. The Kier molecular flexibility index (Phi) is 11.6. The molecule has 8 nitrogen and oxygen atoms in total. The molecule has 0 radical (unpaired) electrons. The minimum atomic E-state index is -0.110. The number of nitrogens with one attached hydrogen (secondary N) is 2. The number of aliphatic imine (C=N–C) groups is 2. The van der Waals surface area contributed by atoms with Crippen LogP contribution < -0.4 is 11.1 Å². The van der Waals surface area contributed by atoms with Gasteiger partial charge in [0.05, 0.1) is 45.3 Å². The fourth-order valence-corrected chi connectivity index (χ4v) is 6.81. The van der Waals surface area contributed by atoms with Crippen LogP contribution in [-0.2, 0) is 0 Å². The molecule has 2 heterocycles. The Morgan fingerprint density at radius 1 is 0.431 bits per heavy atom. The number of aromatic nitrogens is 4. The molecule has 0 aliphatic rings. The number of H-pyrrole nitrogens is 2. The van der Waals surface area contributed by atoms with Crippen LogP contribution in [0.4, 0.5) is 11.4 Å². The average molecular weight is 763 g/mol. The van der Waals surface area contributed by atoms with Crippen molar-refractivity contribution in [2.75, 3.05) is 0 Å². The van der Waals surface area contributed by atoms with Crippen molar-refractivity contribution < 1.29 is 0 Å². The van der Waals surface area contributed by atoms with Gasteiger partial charge in [-0.2, -0.15) is 0 Å². The summed E-state index contributed by atoms with van der Waals surface area (Å²) in [5, 5.41) is 6.43. The van der Waals surface area contributed by atoms with Gasteiger partial charge in [-0.3, -0.25) is 19.8 Å². The highest BCUT2D eigenvalue weighted by atomic mass is 16.1. The van der Waals surface area contributed by atoms with Gasteiger partial charge in [0, 0.05) is 22.5 Å². The lowest BCUT2D eigenvalue weighted by Crippen LogP contribution is -2.21. The predicted molar refractivity (Wildman–Crippen MR) is 238 cm³/mol. The van der Waals surface area contributed by atoms with Gasteiger partial charge < -0.3 is 0 Å². The summed E-state index contributed by atoms with van der Waals surface area (Å²) >= 11 is 0. The van der Waals surface area contributed by atoms with Gasteiger partial charge in [-0.15, -0.1) is 0 Å². The monoisotopic (exact) mass is 762 g/mol. The highest BCUT2D eigenvalue weighted by Crippen LogP contribution is 2.25. The van der Waals surface area contributed by atoms with Crippen molar-refractivity contribution in [3.8, 4) is 11.4 Å². The van der Waals surface area contributed by atoms with Gasteiger partial charge in [0.1, 0.15) is 0 Å². The molecule has 0 spiro atoms. The number of nitrogens with zero attached hydrogens (tertiary/aromatic N) is 4. The Hall–Kier alpha value is -7.32. The van der Waals surface area contributed by atoms with Gasteiger partial charge in [0.15, 0.2) is 0 Å². The maximum absolute atomic E-state index is 13.4. The summed E-state index contributed by atoms with van der Waals surface area (Å²) in [5.41, 5.74) is 13.4. The first-order valence-corrected chi connectivity index (χ1v) is 19.3. The van der Waals surface area contributed by atoms with E-state index in [1.807, 2.05) is 163 Å². The van der Waals surface area contributed by atoms with Crippen LogP contribution in [0.2, 0.25) is 0 Å². The third-order valence-electron chi connectivity index (χ3n) is 9.93. The molecule has 0 fully saturated rings. The number of aryl methyl sites for hydroxylation is 6. The summed E-state index contributed by atoms with van der Waals surface area (Å²) in [4.78, 5) is 36.7. The molecule has 0 amide bonds. The van der Waals surface area contributed by atoms with Gasteiger partial charge in [-0.1, -0.05) is 121 Å². The summed E-state index contributed by atoms with van der Waals surface area (Å²) in [6.45, 7) is 12.0. The Morgan fingerprint density at radius 2 is 0.759 bits per heavy atom. The fraction of sp³-hybridized carbons (Fsp3) is 0.120. The maximum atomic E-state index is 13.4. The molecule has 0 aliphatic carbocycles. The Morgan fingerprint density at radius 3 is 1.10 bits per heavy atom. The van der Waals surface area contributed by atoms with Crippen LogP contribution in [0.25, 0.3) is 11.4 Å². The first-order chi connectivity index (χ1) is 28.1. The highest BCUT2D eigenvalue weighted by Gasteiger charge is 2.21. The van der Waals surface area contributed by atoms with Crippen molar-refractivity contribution in [1.82, 2.24) is 19.6 Å². The number of para-hydroxylation sites is 2. The van der Waals surface area contributed by atoms with Gasteiger partial charge in [0.25, 0.3) is 11.1 Å². The lowest BCUT2D eigenvalue weighted by Gasteiger charge is -2.08. The van der Waals surface area contributed by atoms with E-state index in [4.69, 9.17) is 9.98 Å². The molecule has 288 valence electrons. The van der Waals surface area contributed by atoms with E-state index in [2.05, 4.69) is 46.6 Å². The first kappa shape index (κ1) is 38.9. The van der Waals surface area contributed by atoms with E-state index in [0.29, 0.717) is 22.6 Å². The van der Waals surface area contributed by atoms with Crippen molar-refractivity contribution in [3.05, 3.63) is 234 Å². The summed E-state index contributed by atoms with van der Waals surface area (Å²) in [7, 11) is 0. The number of hydrogen-bond acceptors (Lipinski definition) is 4. The molecule has 0 atom stereocenters. The van der Waals surface area contributed by atoms with E-state index in [0.717, 1.165) is 67.5 Å². The van der Waals surface area contributed by atoms with Crippen molar-refractivity contribution in [2.45, 2.75) is 41.5 Å². The summed E-state index contributed by atoms with van der Waals surface area (Å²) < 4.78 is 3.15. The molecule has 0 unspecified atom stereocenters. The van der Waals surface area contributed by atoms with E-state index in [1.165, 1.54) is 0 Å². The smallest absolute Gasteiger partial charge is 0.280 e. The fourth-order valence-electron chi connectivity index (χ4n) is 6.81. The molecule has 2 aromatic heterocycles. The predicted octanol–water partition coefficient (Wildman–Crippen LogP) is 10.5. The van der Waals surface area contributed by atoms with Gasteiger partial charge in [-0.25, -0.2) is 19.3 Å². The second kappa shape index (κ2) is 17.2. The zero-order chi connectivity index (χ0) is 40.8. The quantitative estimate of drug-likeness (QED) is 0.151. The first-order valence-electron chi connectivity index (χ1n) is 19.3. The lowest BCUT2D eigenvalue weighted by molar-refractivity contribution is 0.835. The molecule has 8 aromatic rings. The SMILES string of the molecule is Cc1ccc(C)c(N=C(c2ccccc2)c2c(C)[nH]n(-c3ccccc3)c2=O)c1.Cc1ccc(C)c(N=C(c2ccccc2)c2c(C)[nH]n(-c3ccccc3)c2=O)c1. The standard InChI is InChI=1S/2C25H23N3O/c2*1-17-14-15-18(2)22(16-17)26-24(20-10-6-4-7-11-20)23-19(3)27-28(25(23)29)21-12-8-5-9-13-21/h2*4-16,27H,1-3H3. The van der Waals surface area contributed by atoms with Gasteiger partial charge in [0.2, 0.25) is 0 Å². The molecular formula is C50H46N6O2. The summed E-state index contributed by atoms with van der Waals surface area (Å²) in [5.74, 6) is 0. The third-order valence-corrected chi connectivity index (χ3v) is 9.93. The zero-order valence-electron chi connectivity index (χ0n) is 33.6. The molecule has 8 heteroatoms. The molecule has 0 aliphatic heterocycles. The van der Waals surface area contributed by atoms with Gasteiger partial charge >= 0.3 is 0 Å². The van der Waals surface area contributed by atoms with Crippen LogP contribution in [-0.4, -0.2) is 31.0 Å². The van der Waals surface area contributed by atoms with Crippen molar-refractivity contribution in [1.29, 1.82) is 0 Å². The molecule has 58 heavy (non-hydrogen) atoms. The van der Waals surface area contributed by atoms with E-state index < -0.39 is 0 Å². The number of rotatable bonds is 8. The second-order valence-electron chi connectivity index (χ2n) is 14.4. The molecule has 2 N–H and O–H groups in total. The van der Waals surface area contributed by atoms with Crippen LogP contribution in [0, 0.1) is 41.5 Å². The average Bonchev–Trinajstić information content (AvgIpc) is 3.71. The number of aromatic amines is 2. The molecule has 0 saturated heterocycles. The Balaban J connectivity index is 0.000000177. The van der Waals surface area contributed by atoms with Crippen LogP contribution >= 0.6 is 0 Å². The van der Waals surface area contributed by atoms with E-state index in [-0.39, 0.29) is 11.1 Å². The Labute approximate surface area is 338 Å². The van der Waals surface area contributed by atoms with E-state index in [9.17, 15) is 9.59 Å². The minimum Gasteiger partial charge on any atom is -0.295 e. The van der Waals surface area contributed by atoms with Crippen LogP contribution in [0.15, 0.2) is 177 Å². The number of benzene rings is 6. The van der Waals surface area contributed by atoms with Gasteiger partial charge in [-0.05, 0) is 100 Å². The molecule has 0 saturated carbocycles. The van der Waals surface area contributed by atoms with Crippen molar-refractivity contribution >= 4 is 22.8 Å².